The van der Waals surface area contributed by atoms with Gasteiger partial charge in [-0.25, -0.2) is 9.78 Å². The van der Waals surface area contributed by atoms with Gasteiger partial charge >= 0.3 is 6.09 Å². The number of nitro benzene ring substituents is 1. The first kappa shape index (κ1) is 14.2. The second-order valence-corrected chi connectivity index (χ2v) is 6.15. The summed E-state index contributed by atoms with van der Waals surface area (Å²) in [5, 5.41) is 13.5. The first-order chi connectivity index (χ1) is 9.24. The number of nitrogens with zero attached hydrogens (tertiary/aromatic N) is 2. The summed E-state index contributed by atoms with van der Waals surface area (Å²) in [5.74, 6) is 0. The lowest BCUT2D eigenvalue weighted by molar-refractivity contribution is -0.384. The van der Waals surface area contributed by atoms with Crippen molar-refractivity contribution >= 4 is 33.3 Å². The van der Waals surface area contributed by atoms with E-state index in [1.807, 2.05) is 20.8 Å². The topological polar surface area (TPSA) is 94.4 Å². The first-order valence-corrected chi connectivity index (χ1v) is 6.61. The van der Waals surface area contributed by atoms with Gasteiger partial charge in [0, 0.05) is 17.7 Å². The number of thiazole rings is 1. The van der Waals surface area contributed by atoms with E-state index < -0.39 is 16.6 Å². The molecule has 2 rings (SSSR count). The fourth-order valence-electron chi connectivity index (χ4n) is 1.46. The molecule has 0 bridgehead atoms. The molecule has 1 aromatic carbocycles. The number of carbonyl (C=O) groups is 1. The molecule has 7 nitrogen and oxygen atoms in total. The summed E-state index contributed by atoms with van der Waals surface area (Å²) in [7, 11) is 0. The molecule has 0 fully saturated rings. The molecular weight excluding hydrogens is 282 g/mol. The van der Waals surface area contributed by atoms with Gasteiger partial charge in [-0.3, -0.25) is 10.1 Å². The minimum absolute atomic E-state index is 0.0214. The molecule has 0 spiro atoms. The minimum Gasteiger partial charge on any atom is -0.381 e. The van der Waals surface area contributed by atoms with E-state index in [9.17, 15) is 14.9 Å². The number of hydrogen-bond donors (Lipinski definition) is 1. The van der Waals surface area contributed by atoms with Gasteiger partial charge in [-0.05, 0) is 26.8 Å². The molecule has 1 amide bonds. The van der Waals surface area contributed by atoms with E-state index in [2.05, 4.69) is 10.3 Å². The molecular formula is C12H13N3O4S. The van der Waals surface area contributed by atoms with Crippen molar-refractivity contribution in [2.45, 2.75) is 26.3 Å². The summed E-state index contributed by atoms with van der Waals surface area (Å²) < 4.78 is 5.66. The van der Waals surface area contributed by atoms with Crippen LogP contribution >= 0.6 is 11.3 Å². The summed E-state index contributed by atoms with van der Waals surface area (Å²) in [4.78, 5) is 25.9. The highest BCUT2D eigenvalue weighted by Gasteiger charge is 2.17. The molecule has 8 heteroatoms. The molecule has 1 aromatic heterocycles. The quantitative estimate of drug-likeness (QED) is 0.678. The molecule has 0 aliphatic carbocycles. The largest absolute Gasteiger partial charge is 0.414 e. The zero-order valence-electron chi connectivity index (χ0n) is 11.2. The van der Waals surface area contributed by atoms with E-state index in [-0.39, 0.29) is 10.9 Å². The van der Waals surface area contributed by atoms with Gasteiger partial charge in [0.1, 0.15) is 0 Å². The molecule has 0 saturated heterocycles. The predicted molar refractivity (Wildman–Crippen MR) is 75.2 cm³/mol. The van der Waals surface area contributed by atoms with E-state index in [4.69, 9.17) is 4.74 Å². The highest BCUT2D eigenvalue weighted by atomic mass is 32.1. The zero-order chi connectivity index (χ0) is 14.9. The third-order valence-corrected chi connectivity index (χ3v) is 3.12. The Labute approximate surface area is 118 Å². The summed E-state index contributed by atoms with van der Waals surface area (Å²) in [6.45, 7) is 5.49. The van der Waals surface area contributed by atoms with E-state index in [1.54, 1.807) is 0 Å². The number of hydrogen-bond acceptors (Lipinski definition) is 6. The number of benzene rings is 1. The molecule has 0 aliphatic rings. The van der Waals surface area contributed by atoms with Crippen LogP contribution in [0.1, 0.15) is 20.8 Å². The van der Waals surface area contributed by atoms with Crippen LogP contribution in [0.25, 0.3) is 10.2 Å². The molecule has 0 unspecified atom stereocenters. The average molecular weight is 295 g/mol. The average Bonchev–Trinajstić information content (AvgIpc) is 2.66. The number of fused-ring (bicyclic) bond motifs is 1. The summed E-state index contributed by atoms with van der Waals surface area (Å²) >= 11 is 1.08. The smallest absolute Gasteiger partial charge is 0.381 e. The molecule has 1 heterocycles. The zero-order valence-corrected chi connectivity index (χ0v) is 12.0. The lowest BCUT2D eigenvalue weighted by Gasteiger charge is -2.18. The Bertz CT molecular complexity index is 675. The van der Waals surface area contributed by atoms with Crippen LogP contribution < -0.4 is 10.1 Å². The second kappa shape index (κ2) is 5.04. The van der Waals surface area contributed by atoms with Crippen LogP contribution in [0, 0.1) is 10.1 Å². The van der Waals surface area contributed by atoms with Gasteiger partial charge in [0.25, 0.3) is 10.9 Å². The molecule has 1 N–H and O–H groups in total. The SMILES string of the molecule is CC(C)(C)NC(=O)Oc1nc2ccc([N+](=O)[O-])cc2s1. The molecule has 0 radical (unpaired) electrons. The van der Waals surface area contributed by atoms with Crippen LogP contribution in [-0.2, 0) is 0 Å². The van der Waals surface area contributed by atoms with Crippen molar-refractivity contribution in [3.8, 4) is 5.19 Å². The number of amides is 1. The van der Waals surface area contributed by atoms with Gasteiger partial charge < -0.3 is 10.1 Å². The van der Waals surface area contributed by atoms with Gasteiger partial charge in [0.2, 0.25) is 0 Å². The van der Waals surface area contributed by atoms with Crippen LogP contribution in [0.15, 0.2) is 18.2 Å². The third-order valence-electron chi connectivity index (χ3n) is 2.22. The Hall–Kier alpha value is -2.22. The maximum absolute atomic E-state index is 11.6. The Morgan fingerprint density at radius 3 is 2.75 bits per heavy atom. The second-order valence-electron chi connectivity index (χ2n) is 5.15. The number of nitro groups is 1. The highest BCUT2D eigenvalue weighted by Crippen LogP contribution is 2.30. The fourth-order valence-corrected chi connectivity index (χ4v) is 2.31. The maximum atomic E-state index is 11.6. The van der Waals surface area contributed by atoms with E-state index in [1.165, 1.54) is 18.2 Å². The van der Waals surface area contributed by atoms with E-state index in [0.717, 1.165) is 11.3 Å². The minimum atomic E-state index is -0.606. The summed E-state index contributed by atoms with van der Waals surface area (Å²) in [6, 6.07) is 4.29. The van der Waals surface area contributed by atoms with E-state index in [0.29, 0.717) is 10.2 Å². The normalized spacial score (nSPS) is 11.3. The molecule has 106 valence electrons. The van der Waals surface area contributed by atoms with Gasteiger partial charge in [-0.1, -0.05) is 11.3 Å². The fraction of sp³-hybridized carbons (Fsp3) is 0.333. The standard InChI is InChI=1S/C12H13N3O4S/c1-12(2,3)14-10(16)19-11-13-8-5-4-7(15(17)18)6-9(8)20-11/h4-6H,1-3H3,(H,14,16). The van der Waals surface area contributed by atoms with Crippen LogP contribution in [0.3, 0.4) is 0 Å². The van der Waals surface area contributed by atoms with Gasteiger partial charge in [-0.15, -0.1) is 0 Å². The van der Waals surface area contributed by atoms with Gasteiger partial charge in [0.05, 0.1) is 15.1 Å². The number of non-ortho nitro benzene ring substituents is 1. The Balaban J connectivity index is 2.20. The first-order valence-electron chi connectivity index (χ1n) is 5.79. The number of ether oxygens (including phenoxy) is 1. The lowest BCUT2D eigenvalue weighted by atomic mass is 10.1. The summed E-state index contributed by atoms with van der Waals surface area (Å²) in [5.41, 5.74) is 0.123. The van der Waals surface area contributed by atoms with Crippen LogP contribution in [-0.4, -0.2) is 21.5 Å². The van der Waals surface area contributed by atoms with Crippen LogP contribution in [0.4, 0.5) is 10.5 Å². The highest BCUT2D eigenvalue weighted by molar-refractivity contribution is 7.20. The van der Waals surface area contributed by atoms with Crippen LogP contribution in [0.5, 0.6) is 5.19 Å². The van der Waals surface area contributed by atoms with Crippen molar-refractivity contribution in [1.29, 1.82) is 0 Å². The number of nitrogens with one attached hydrogen (secondary N) is 1. The number of aromatic nitrogens is 1. The Morgan fingerprint density at radius 2 is 2.15 bits per heavy atom. The number of carbonyl (C=O) groups excluding carboxylic acids is 1. The third kappa shape index (κ3) is 3.41. The Kier molecular flexibility index (Phi) is 3.58. The van der Waals surface area contributed by atoms with Crippen LogP contribution in [0.2, 0.25) is 0 Å². The van der Waals surface area contributed by atoms with Crippen molar-refractivity contribution in [2.24, 2.45) is 0 Å². The molecule has 2 aromatic rings. The molecule has 0 atom stereocenters. The Morgan fingerprint density at radius 1 is 1.45 bits per heavy atom. The summed E-state index contributed by atoms with van der Waals surface area (Å²) in [6.07, 6.45) is -0.606. The molecule has 20 heavy (non-hydrogen) atoms. The van der Waals surface area contributed by atoms with Crippen molar-refractivity contribution in [3.05, 3.63) is 28.3 Å². The molecule has 0 aliphatic heterocycles. The van der Waals surface area contributed by atoms with Crippen molar-refractivity contribution in [3.63, 3.8) is 0 Å². The van der Waals surface area contributed by atoms with Crippen molar-refractivity contribution < 1.29 is 14.5 Å². The number of rotatable bonds is 2. The predicted octanol–water partition coefficient (Wildman–Crippen LogP) is 3.09. The van der Waals surface area contributed by atoms with Gasteiger partial charge in [0.15, 0.2) is 0 Å². The lowest BCUT2D eigenvalue weighted by Crippen LogP contribution is -2.42. The monoisotopic (exact) mass is 295 g/mol. The van der Waals surface area contributed by atoms with E-state index >= 15 is 0 Å². The molecule has 0 saturated carbocycles. The van der Waals surface area contributed by atoms with Gasteiger partial charge in [-0.2, -0.15) is 0 Å². The van der Waals surface area contributed by atoms with Crippen molar-refractivity contribution in [2.75, 3.05) is 0 Å². The maximum Gasteiger partial charge on any atom is 0.414 e. The van der Waals surface area contributed by atoms with Crippen molar-refractivity contribution in [1.82, 2.24) is 10.3 Å².